The minimum Gasteiger partial charge on any atom is -0.465 e. The SMILES string of the molecule is COC(=O)[C@@]1(O[C@H]2[C@@H](OC(=O)c3ccccc3)[C@@H](COC(C)=O)O[C@@H](O[C@@H]3[C@@H](NC(=O)OCC(Cl)(Cl)Cl)[C@@H](OC[C@H](NC(=O)OCC4c5ccccc5-c5ccccc54)C(=O)OCc4ccccc4)O[C@@H]4CO[Si](C(C)(C)C)(C(C)(C)C)O[C@H]34)[C@@H]2OC(=O)c2ccccc2)C[C@H](OC(C)=O)[C@@H](NC(C)=O)[C@H]([C@H](OC(C)=O)[C@@H](COC(C)=O)OC(C)=O)O1. The molecule has 17 atom stereocenters. The lowest BCUT2D eigenvalue weighted by Crippen LogP contribution is -2.75. The van der Waals surface area contributed by atoms with Gasteiger partial charge in [0.1, 0.15) is 81.8 Å². The third-order valence-electron chi connectivity index (χ3n) is 20.3. The highest BCUT2D eigenvalue weighted by molar-refractivity contribution is 6.73. The normalized spacial score (nSPS) is 24.9. The average Bonchev–Trinajstić information content (AvgIpc) is 0.880. The van der Waals surface area contributed by atoms with Crippen LogP contribution in [0.25, 0.3) is 11.1 Å². The van der Waals surface area contributed by atoms with Crippen LogP contribution in [0, 0.1) is 0 Å². The maximum absolute atomic E-state index is 15.7. The molecule has 0 radical (unpaired) electrons. The number of methoxy groups -OCH3 is 1. The maximum Gasteiger partial charge on any atom is 0.407 e. The van der Waals surface area contributed by atoms with E-state index in [1.165, 1.54) is 48.5 Å². The summed E-state index contributed by atoms with van der Waals surface area (Å²) in [5, 5.41) is 6.06. The first-order valence-electron chi connectivity index (χ1n) is 38.9. The molecule has 0 spiro atoms. The van der Waals surface area contributed by atoms with E-state index in [1.807, 2.05) is 90.1 Å². The van der Waals surface area contributed by atoms with Crippen molar-refractivity contribution in [1.82, 2.24) is 16.0 Å². The summed E-state index contributed by atoms with van der Waals surface area (Å²) in [4.78, 5) is 171. The Morgan fingerprint density at radius 2 is 1.12 bits per heavy atom. The number of esters is 9. The van der Waals surface area contributed by atoms with E-state index in [9.17, 15) is 43.2 Å². The summed E-state index contributed by atoms with van der Waals surface area (Å²) >= 11 is 18.7. The first-order chi connectivity index (χ1) is 57.7. The van der Waals surface area contributed by atoms with E-state index in [2.05, 4.69) is 16.0 Å². The van der Waals surface area contributed by atoms with Crippen LogP contribution in [0.2, 0.25) is 10.1 Å². The summed E-state index contributed by atoms with van der Waals surface area (Å²) in [5.41, 5.74) is 3.76. The van der Waals surface area contributed by atoms with Crippen molar-refractivity contribution in [2.24, 2.45) is 0 Å². The van der Waals surface area contributed by atoms with Crippen molar-refractivity contribution in [2.75, 3.05) is 46.8 Å². The van der Waals surface area contributed by atoms with Crippen LogP contribution < -0.4 is 16.0 Å². The van der Waals surface area contributed by atoms with Gasteiger partial charge in [-0.25, -0.2) is 28.8 Å². The predicted molar refractivity (Wildman–Crippen MR) is 429 cm³/mol. The van der Waals surface area contributed by atoms with Crippen LogP contribution in [0.5, 0.6) is 0 Å². The van der Waals surface area contributed by atoms with E-state index in [0.717, 1.165) is 70.9 Å². The zero-order chi connectivity index (χ0) is 88.8. The lowest BCUT2D eigenvalue weighted by Gasteiger charge is -2.58. The number of carbonyl (C=O) groups excluding carboxylic acids is 12. The molecular formula is C84H98Cl3N3O31Si. The number of alkyl halides is 3. The van der Waals surface area contributed by atoms with Crippen molar-refractivity contribution in [3.05, 3.63) is 167 Å². The third-order valence-corrected chi connectivity index (χ3v) is 25.7. The molecule has 0 bridgehead atoms. The molecule has 3 N–H and O–H groups in total. The Balaban J connectivity index is 1.18. The van der Waals surface area contributed by atoms with Crippen molar-refractivity contribution in [2.45, 2.75) is 220 Å². The fraction of sp³-hybridized carbons (Fsp3) is 0.500. The Hall–Kier alpha value is -9.89. The van der Waals surface area contributed by atoms with E-state index in [0.29, 0.717) is 5.56 Å². The number of alkyl carbamates (subject to hydrolysis) is 2. The van der Waals surface area contributed by atoms with Crippen molar-refractivity contribution < 1.29 is 147 Å². The number of carbonyl (C=O) groups is 12. The quantitative estimate of drug-likeness (QED) is 0.0167. The highest BCUT2D eigenvalue weighted by Crippen LogP contribution is 2.56. The van der Waals surface area contributed by atoms with E-state index >= 15 is 14.4 Å². The molecule has 38 heteroatoms. The van der Waals surface area contributed by atoms with Crippen LogP contribution >= 0.6 is 34.8 Å². The number of amides is 3. The second-order valence-electron chi connectivity index (χ2n) is 31.3. The lowest BCUT2D eigenvalue weighted by atomic mass is 9.87. The van der Waals surface area contributed by atoms with Crippen molar-refractivity contribution >= 4 is 115 Å². The fourth-order valence-electron chi connectivity index (χ4n) is 15.4. The molecule has 4 heterocycles. The van der Waals surface area contributed by atoms with Gasteiger partial charge < -0.3 is 105 Å². The van der Waals surface area contributed by atoms with Gasteiger partial charge in [-0.05, 0) is 52.1 Å². The summed E-state index contributed by atoms with van der Waals surface area (Å²) in [7, 11) is -3.09. The van der Waals surface area contributed by atoms with Crippen LogP contribution in [0.4, 0.5) is 9.59 Å². The third kappa shape index (κ3) is 23.7. The Kier molecular flexibility index (Phi) is 31.8. The molecule has 34 nitrogen and oxygen atoms in total. The monoisotopic (exact) mass is 1780 g/mol. The predicted octanol–water partition coefficient (Wildman–Crippen LogP) is 9.33. The van der Waals surface area contributed by atoms with Gasteiger partial charge in [0.25, 0.3) is 5.79 Å². The van der Waals surface area contributed by atoms with Gasteiger partial charge in [0.05, 0.1) is 43.9 Å². The molecule has 122 heavy (non-hydrogen) atoms. The molecule has 3 amide bonds. The zero-order valence-corrected chi connectivity index (χ0v) is 72.3. The first kappa shape index (κ1) is 94.4. The zero-order valence-electron chi connectivity index (χ0n) is 69.0. The maximum atomic E-state index is 15.7. The minimum atomic E-state index is -3.94. The van der Waals surface area contributed by atoms with Crippen LogP contribution in [-0.4, -0.2) is 235 Å². The minimum absolute atomic E-state index is 0.163. The van der Waals surface area contributed by atoms with Crippen molar-refractivity contribution in [3.63, 3.8) is 0 Å². The summed E-state index contributed by atoms with van der Waals surface area (Å²) in [5.74, 6) is -15.0. The summed E-state index contributed by atoms with van der Waals surface area (Å²) in [6.07, 6.45) is -30.4. The number of nitrogens with one attached hydrogen (secondary N) is 3. The largest absolute Gasteiger partial charge is 0.465 e. The summed E-state index contributed by atoms with van der Waals surface area (Å²) in [6, 6.07) is 32.5. The Morgan fingerprint density at radius 3 is 1.66 bits per heavy atom. The highest BCUT2D eigenvalue weighted by Gasteiger charge is 2.68. The molecule has 0 aromatic heterocycles. The number of benzene rings is 5. The van der Waals surface area contributed by atoms with Gasteiger partial charge in [0.2, 0.25) is 9.70 Å². The van der Waals surface area contributed by atoms with Gasteiger partial charge >= 0.3 is 74.5 Å². The number of hydrogen-bond acceptors (Lipinski definition) is 31. The second kappa shape index (κ2) is 41.1. The Bertz CT molecular complexity index is 4490. The van der Waals surface area contributed by atoms with Gasteiger partial charge in [0.15, 0.2) is 43.0 Å². The Morgan fingerprint density at radius 1 is 0.557 bits per heavy atom. The summed E-state index contributed by atoms with van der Waals surface area (Å²) in [6.45, 7) is 12.4. The smallest absolute Gasteiger partial charge is 0.407 e. The van der Waals surface area contributed by atoms with E-state index in [-0.39, 0.29) is 30.9 Å². The summed E-state index contributed by atoms with van der Waals surface area (Å²) < 4.78 is 119. The molecule has 0 saturated carbocycles. The van der Waals surface area contributed by atoms with Gasteiger partial charge in [-0.2, -0.15) is 0 Å². The fourth-order valence-corrected chi connectivity index (χ4v) is 20.5. The van der Waals surface area contributed by atoms with Gasteiger partial charge in [-0.3, -0.25) is 28.8 Å². The van der Waals surface area contributed by atoms with Crippen LogP contribution in [0.1, 0.15) is 133 Å². The molecule has 5 aromatic rings. The number of fused-ring (bicyclic) bond motifs is 4. The van der Waals surface area contributed by atoms with E-state index in [4.69, 9.17) is 124 Å². The first-order valence-corrected chi connectivity index (χ1v) is 41.9. The molecule has 4 saturated heterocycles. The van der Waals surface area contributed by atoms with Crippen LogP contribution in [0.15, 0.2) is 140 Å². The van der Waals surface area contributed by atoms with Gasteiger partial charge in [0, 0.05) is 57.5 Å². The average molecular weight is 1780 g/mol. The van der Waals surface area contributed by atoms with Crippen LogP contribution in [0.3, 0.4) is 0 Å². The number of ether oxygens (including phenoxy) is 17. The van der Waals surface area contributed by atoms with E-state index < -0.39 is 237 Å². The topological polar surface area (TPSA) is 416 Å². The van der Waals surface area contributed by atoms with Gasteiger partial charge in [-0.1, -0.05) is 192 Å². The molecule has 0 unspecified atom stereocenters. The second-order valence-corrected chi connectivity index (χ2v) is 38.6. The van der Waals surface area contributed by atoms with Gasteiger partial charge in [-0.15, -0.1) is 0 Å². The van der Waals surface area contributed by atoms with Crippen LogP contribution in [-0.2, 0) is 134 Å². The van der Waals surface area contributed by atoms with Crippen molar-refractivity contribution in [3.8, 4) is 11.1 Å². The van der Waals surface area contributed by atoms with Crippen molar-refractivity contribution in [1.29, 1.82) is 0 Å². The Labute approximate surface area is 719 Å². The standard InChI is InChI=1S/C84H98Cl3N3O31Si/c1-45(91)88-64-60(111-48(4)94)37-83(78(100)103-13,119-70(64)66(113-50(6)96)61(112-49(5)95)41-104-46(2)92)120-71-67(116-73(97)52-29-19-15-20-30-52)62(42-105-47(3)93)115-77(72(71)117-74(98)53-31-21-16-22-32-53)118-69-65(90-80(102)109-44-84(85,86)87)76(114-63-43-110-122(81(7,8)9,82(10,11)12)121-68(63)69)107-40-59(75(99)106-38-51-27-17-14-18-28-51)89-79(101)108-39-58-56-35-25-23-33-54(56)55-34-24-26-36-57(55)58/h14-36,58-72,76-77H,37-44H2,1-13H3,(H,88,91)(H,89,101)(H,90,102)/t59-,60-,61+,62+,63+,64+,65+,66+,67-,68-,69+,70+,71-,72+,76-,77-,83-/m0/s1. The number of rotatable bonds is 30. The number of halogens is 3. The molecule has 660 valence electrons. The van der Waals surface area contributed by atoms with E-state index in [1.54, 1.807) is 42.5 Å². The number of hydrogen-bond donors (Lipinski definition) is 3. The molecule has 1 aliphatic carbocycles. The molecule has 4 fully saturated rings. The lowest BCUT2D eigenvalue weighted by molar-refractivity contribution is -0.381. The molecule has 5 aromatic carbocycles. The molecule has 5 aliphatic rings. The molecule has 4 aliphatic heterocycles. The highest BCUT2D eigenvalue weighted by atomic mass is 35.6. The molecule has 10 rings (SSSR count). The molecular weight excluding hydrogens is 1680 g/mol.